The van der Waals surface area contributed by atoms with E-state index in [9.17, 15) is 0 Å². The summed E-state index contributed by atoms with van der Waals surface area (Å²) in [5.41, 5.74) is 9.73. The van der Waals surface area contributed by atoms with E-state index < -0.39 is 0 Å². The highest BCUT2D eigenvalue weighted by Gasteiger charge is 2.21. The summed E-state index contributed by atoms with van der Waals surface area (Å²) in [5, 5.41) is 8.86. The molecule has 1 aromatic carbocycles. The number of furan rings is 1. The summed E-state index contributed by atoms with van der Waals surface area (Å²) in [7, 11) is 0. The van der Waals surface area contributed by atoms with E-state index in [0.29, 0.717) is 23.2 Å². The predicted molar refractivity (Wildman–Crippen MR) is 124 cm³/mol. The molecule has 31 heavy (non-hydrogen) atoms. The molecule has 0 aliphatic carbocycles. The van der Waals surface area contributed by atoms with Crippen LogP contribution >= 0.6 is 15.9 Å². The minimum Gasteiger partial charge on any atom is -0.479 e. The fourth-order valence-corrected chi connectivity index (χ4v) is 4.31. The van der Waals surface area contributed by atoms with Gasteiger partial charge in [0.15, 0.2) is 11.4 Å². The molecule has 7 nitrogen and oxygen atoms in total. The number of hydrogen-bond donors (Lipinski definition) is 2. The number of anilines is 1. The van der Waals surface area contributed by atoms with Crippen LogP contribution in [0.25, 0.3) is 22.1 Å². The third-order valence-corrected chi connectivity index (χ3v) is 6.36. The lowest BCUT2D eigenvalue weighted by molar-refractivity contribution is 0.227. The standard InChI is InChI=1S/C23H24BrN5O2/c1-14(15-2-4-17(24)5-3-15)31-22-21-19(11-27-23(22)25)20(13-30-21)16-10-28-29(12-16)18-6-8-26-9-7-18/h2-5,10-14,18,26H,6-9H2,1H3,(H2,25,27). The van der Waals surface area contributed by atoms with Crippen molar-refractivity contribution in [3.63, 3.8) is 0 Å². The number of nitrogens with two attached hydrogens (primary N) is 1. The minimum absolute atomic E-state index is 0.209. The van der Waals surface area contributed by atoms with Gasteiger partial charge < -0.3 is 20.2 Å². The predicted octanol–water partition coefficient (Wildman–Crippen LogP) is 5.10. The number of piperidine rings is 1. The number of ether oxygens (including phenoxy) is 1. The molecule has 5 rings (SSSR count). The fourth-order valence-electron chi connectivity index (χ4n) is 4.04. The zero-order valence-corrected chi connectivity index (χ0v) is 18.8. The molecule has 8 heteroatoms. The number of fused-ring (bicyclic) bond motifs is 1. The van der Waals surface area contributed by atoms with Crippen molar-refractivity contribution in [2.24, 2.45) is 0 Å². The lowest BCUT2D eigenvalue weighted by Gasteiger charge is -2.22. The van der Waals surface area contributed by atoms with Gasteiger partial charge in [0, 0.05) is 28.0 Å². The van der Waals surface area contributed by atoms with Crippen LogP contribution in [-0.2, 0) is 0 Å². The highest BCUT2D eigenvalue weighted by molar-refractivity contribution is 9.10. The summed E-state index contributed by atoms with van der Waals surface area (Å²) in [4.78, 5) is 4.37. The van der Waals surface area contributed by atoms with E-state index in [-0.39, 0.29) is 6.10 Å². The van der Waals surface area contributed by atoms with Crippen LogP contribution in [0.15, 0.2) is 58.0 Å². The van der Waals surface area contributed by atoms with E-state index >= 15 is 0 Å². The van der Waals surface area contributed by atoms with Gasteiger partial charge in [0.2, 0.25) is 5.75 Å². The van der Waals surface area contributed by atoms with Crippen molar-refractivity contribution in [2.45, 2.75) is 31.9 Å². The maximum atomic E-state index is 6.21. The second kappa shape index (κ2) is 8.36. The molecular weight excluding hydrogens is 458 g/mol. The maximum Gasteiger partial charge on any atom is 0.205 e. The molecule has 1 unspecified atom stereocenters. The number of nitrogen functional groups attached to an aromatic ring is 1. The normalized spacial score (nSPS) is 15.9. The summed E-state index contributed by atoms with van der Waals surface area (Å²) in [6.07, 6.45) is 9.39. The van der Waals surface area contributed by atoms with Gasteiger partial charge in [-0.15, -0.1) is 0 Å². The molecule has 1 fully saturated rings. The smallest absolute Gasteiger partial charge is 0.205 e. The molecule has 1 aliphatic rings. The number of pyridine rings is 1. The van der Waals surface area contributed by atoms with Crippen LogP contribution in [-0.4, -0.2) is 27.9 Å². The van der Waals surface area contributed by atoms with Crippen molar-refractivity contribution in [1.82, 2.24) is 20.1 Å². The van der Waals surface area contributed by atoms with Crippen LogP contribution < -0.4 is 15.8 Å². The van der Waals surface area contributed by atoms with Crippen molar-refractivity contribution in [1.29, 1.82) is 0 Å². The van der Waals surface area contributed by atoms with Gasteiger partial charge in [0.25, 0.3) is 0 Å². The molecule has 1 atom stereocenters. The highest BCUT2D eigenvalue weighted by Crippen LogP contribution is 2.39. The van der Waals surface area contributed by atoms with E-state index in [1.54, 1.807) is 12.5 Å². The van der Waals surface area contributed by atoms with E-state index in [1.165, 1.54) is 0 Å². The molecule has 3 aromatic heterocycles. The van der Waals surface area contributed by atoms with Crippen molar-refractivity contribution in [3.8, 4) is 16.9 Å². The van der Waals surface area contributed by atoms with Gasteiger partial charge in [0.1, 0.15) is 12.4 Å². The molecule has 1 aliphatic heterocycles. The largest absolute Gasteiger partial charge is 0.479 e. The number of nitrogens with one attached hydrogen (secondary N) is 1. The number of aromatic nitrogens is 3. The summed E-state index contributed by atoms with van der Waals surface area (Å²) in [6.45, 7) is 4.03. The second-order valence-corrected chi connectivity index (χ2v) is 8.78. The van der Waals surface area contributed by atoms with Crippen LogP contribution in [0.5, 0.6) is 5.75 Å². The van der Waals surface area contributed by atoms with Gasteiger partial charge in [-0.25, -0.2) is 4.98 Å². The highest BCUT2D eigenvalue weighted by atomic mass is 79.9. The SMILES string of the molecule is CC(Oc1c(N)ncc2c(-c3cnn(C4CCNCC4)c3)coc12)c1ccc(Br)cc1. The second-order valence-electron chi connectivity index (χ2n) is 7.87. The van der Waals surface area contributed by atoms with Gasteiger partial charge in [0.05, 0.1) is 17.6 Å². The van der Waals surface area contributed by atoms with E-state index in [0.717, 1.165) is 52.5 Å². The first-order valence-corrected chi connectivity index (χ1v) is 11.2. The molecular formula is C23H24BrN5O2. The van der Waals surface area contributed by atoms with Crippen molar-refractivity contribution >= 4 is 32.7 Å². The topological polar surface area (TPSA) is 91.1 Å². The van der Waals surface area contributed by atoms with Crippen LogP contribution in [0.4, 0.5) is 5.82 Å². The van der Waals surface area contributed by atoms with E-state index in [4.69, 9.17) is 14.9 Å². The molecule has 3 N–H and O–H groups in total. The van der Waals surface area contributed by atoms with Gasteiger partial charge in [-0.3, -0.25) is 4.68 Å². The Morgan fingerprint density at radius 2 is 2.00 bits per heavy atom. The third kappa shape index (κ3) is 3.93. The Labute approximate surface area is 188 Å². The lowest BCUT2D eigenvalue weighted by atomic mass is 10.1. The summed E-state index contributed by atoms with van der Waals surface area (Å²) >= 11 is 3.46. The summed E-state index contributed by atoms with van der Waals surface area (Å²) < 4.78 is 15.2. The van der Waals surface area contributed by atoms with Gasteiger partial charge >= 0.3 is 0 Å². The Hall–Kier alpha value is -2.84. The number of hydrogen-bond acceptors (Lipinski definition) is 6. The average molecular weight is 482 g/mol. The summed E-state index contributed by atoms with van der Waals surface area (Å²) in [6, 6.07) is 8.43. The number of benzene rings is 1. The average Bonchev–Trinajstić information content (AvgIpc) is 3.44. The number of halogens is 1. The molecule has 0 amide bonds. The van der Waals surface area contributed by atoms with E-state index in [2.05, 4.69) is 42.2 Å². The molecule has 0 spiro atoms. The maximum absolute atomic E-state index is 6.21. The Morgan fingerprint density at radius 1 is 1.23 bits per heavy atom. The van der Waals surface area contributed by atoms with Crippen molar-refractivity contribution in [2.75, 3.05) is 18.8 Å². The first-order valence-electron chi connectivity index (χ1n) is 10.4. The fraction of sp³-hybridized carbons (Fsp3) is 0.304. The van der Waals surface area contributed by atoms with Crippen LogP contribution in [0, 0.1) is 0 Å². The molecule has 4 heterocycles. The zero-order valence-electron chi connectivity index (χ0n) is 17.2. The molecule has 0 radical (unpaired) electrons. The molecule has 0 bridgehead atoms. The van der Waals surface area contributed by atoms with E-state index in [1.807, 2.05) is 37.4 Å². The number of nitrogens with zero attached hydrogens (tertiary/aromatic N) is 3. The van der Waals surface area contributed by atoms with Gasteiger partial charge in [-0.05, 0) is 50.6 Å². The Morgan fingerprint density at radius 3 is 2.77 bits per heavy atom. The Kier molecular flexibility index (Phi) is 5.41. The molecule has 0 saturated carbocycles. The third-order valence-electron chi connectivity index (χ3n) is 5.83. The van der Waals surface area contributed by atoms with Gasteiger partial charge in [-0.2, -0.15) is 5.10 Å². The molecule has 4 aromatic rings. The quantitative estimate of drug-likeness (QED) is 0.411. The Bertz CT molecular complexity index is 1190. The van der Waals surface area contributed by atoms with Gasteiger partial charge in [-0.1, -0.05) is 28.1 Å². The minimum atomic E-state index is -0.209. The molecule has 1 saturated heterocycles. The Balaban J connectivity index is 1.46. The van der Waals surface area contributed by atoms with Crippen LogP contribution in [0.1, 0.15) is 37.5 Å². The van der Waals surface area contributed by atoms with Crippen LogP contribution in [0.2, 0.25) is 0 Å². The molecule has 160 valence electrons. The zero-order chi connectivity index (χ0) is 21.4. The monoisotopic (exact) mass is 481 g/mol. The van der Waals surface area contributed by atoms with Crippen molar-refractivity contribution in [3.05, 3.63) is 59.2 Å². The summed E-state index contributed by atoms with van der Waals surface area (Å²) in [5.74, 6) is 0.771. The number of rotatable bonds is 5. The first kappa shape index (κ1) is 20.1. The van der Waals surface area contributed by atoms with Crippen LogP contribution in [0.3, 0.4) is 0 Å². The van der Waals surface area contributed by atoms with Crippen molar-refractivity contribution < 1.29 is 9.15 Å². The lowest BCUT2D eigenvalue weighted by Crippen LogP contribution is -2.29. The first-order chi connectivity index (χ1) is 15.1.